The molecule has 3 rings (SSSR count). The van der Waals surface area contributed by atoms with Crippen LogP contribution in [0.2, 0.25) is 0 Å². The first-order chi connectivity index (χ1) is 28.3. The van der Waals surface area contributed by atoms with Crippen LogP contribution >= 0.6 is 0 Å². The molecule has 7 amide bonds. The number of hydrogen-bond donors (Lipinski definition) is 10. The highest BCUT2D eigenvalue weighted by Gasteiger charge is 2.40. The maximum atomic E-state index is 14.0. The minimum absolute atomic E-state index is 0.0521. The largest absolute Gasteiger partial charge is 0.508 e. The molecule has 0 radical (unpaired) electrons. The Labute approximate surface area is 349 Å². The Balaban J connectivity index is 1.82. The molecular formula is C42H60N8O10. The van der Waals surface area contributed by atoms with Crippen molar-refractivity contribution in [2.24, 2.45) is 23.3 Å². The van der Waals surface area contributed by atoms with Crippen LogP contribution in [0.1, 0.15) is 83.4 Å². The average Bonchev–Trinajstić information content (AvgIpc) is 3.21. The van der Waals surface area contributed by atoms with Crippen molar-refractivity contribution in [3.8, 4) is 5.75 Å². The van der Waals surface area contributed by atoms with Crippen LogP contribution in [-0.2, 0) is 57.6 Å². The number of phenolic OH excluding ortho intramolecular Hbond substituents is 1. The van der Waals surface area contributed by atoms with Crippen molar-refractivity contribution in [3.05, 3.63) is 65.2 Å². The van der Waals surface area contributed by atoms with Gasteiger partial charge in [0.15, 0.2) is 0 Å². The van der Waals surface area contributed by atoms with Crippen molar-refractivity contribution in [1.29, 1.82) is 0 Å². The number of aryl methyl sites for hydroxylation is 1. The van der Waals surface area contributed by atoms with E-state index in [1.165, 1.54) is 13.0 Å². The molecule has 0 unspecified atom stereocenters. The van der Waals surface area contributed by atoms with Crippen molar-refractivity contribution in [2.45, 2.75) is 122 Å². The summed E-state index contributed by atoms with van der Waals surface area (Å²) in [5.74, 6) is -7.23. The molecule has 0 saturated heterocycles. The van der Waals surface area contributed by atoms with Gasteiger partial charge in [-0.3, -0.25) is 38.4 Å². The molecule has 2 aromatic carbocycles. The Morgan fingerprint density at radius 2 is 1.32 bits per heavy atom. The van der Waals surface area contributed by atoms with Crippen LogP contribution in [0, 0.1) is 11.8 Å². The fraction of sp³-hybridized carbons (Fsp3) is 0.524. The highest BCUT2D eigenvalue weighted by atomic mass is 16.4. The number of fused-ring (bicyclic) bond motifs is 1. The van der Waals surface area contributed by atoms with E-state index >= 15 is 0 Å². The smallest absolute Gasteiger partial charge is 0.303 e. The van der Waals surface area contributed by atoms with Gasteiger partial charge in [-0.1, -0.05) is 76.9 Å². The number of aromatic hydroxyl groups is 1. The van der Waals surface area contributed by atoms with Crippen LogP contribution < -0.4 is 43.4 Å². The van der Waals surface area contributed by atoms with Gasteiger partial charge in [0.2, 0.25) is 41.4 Å². The van der Waals surface area contributed by atoms with Gasteiger partial charge >= 0.3 is 5.97 Å². The van der Waals surface area contributed by atoms with Crippen LogP contribution in [0.4, 0.5) is 0 Å². The third kappa shape index (κ3) is 14.1. The predicted octanol–water partition coefficient (Wildman–Crippen LogP) is -0.176. The molecule has 8 atom stereocenters. The van der Waals surface area contributed by atoms with E-state index in [4.69, 9.17) is 11.5 Å². The fourth-order valence-corrected chi connectivity index (χ4v) is 6.75. The zero-order chi connectivity index (χ0) is 44.7. The lowest BCUT2D eigenvalue weighted by Crippen LogP contribution is -2.62. The van der Waals surface area contributed by atoms with Gasteiger partial charge in [0, 0.05) is 12.8 Å². The quantitative estimate of drug-likeness (QED) is 0.0742. The highest BCUT2D eigenvalue weighted by Crippen LogP contribution is 2.30. The van der Waals surface area contributed by atoms with E-state index in [1.54, 1.807) is 70.2 Å². The first kappa shape index (κ1) is 48.3. The number of carbonyl (C=O) groups is 8. The molecule has 0 heterocycles. The normalized spacial score (nSPS) is 18.0. The number of hydrogen-bond acceptors (Lipinski definition) is 10. The average molecular weight is 837 g/mol. The van der Waals surface area contributed by atoms with Gasteiger partial charge in [-0.15, -0.1) is 0 Å². The zero-order valence-electron chi connectivity index (χ0n) is 34.8. The Hall–Kier alpha value is -6.04. The number of carboxylic acids is 1. The SMILES string of the molecule is CC[C@H](C)[C@H](NC(=O)[C@H](CCC(=O)O)NC(=O)[C@H](Cc1ccccc1)NC(=O)[C@@H](C)NC(=O)[C@]1(N)CCc2cc(O)ccc2C1)C(=O)N[C@H](C(=O)NCC(N)=O)[C@@H](C)CC. The van der Waals surface area contributed by atoms with Gasteiger partial charge in [-0.05, 0) is 73.3 Å². The first-order valence-electron chi connectivity index (χ1n) is 20.2. The number of amides is 7. The molecule has 0 saturated carbocycles. The second-order valence-electron chi connectivity index (χ2n) is 15.7. The maximum Gasteiger partial charge on any atom is 0.303 e. The van der Waals surface area contributed by atoms with Crippen molar-refractivity contribution < 1.29 is 48.6 Å². The monoisotopic (exact) mass is 836 g/mol. The highest BCUT2D eigenvalue weighted by molar-refractivity contribution is 5.97. The summed E-state index contributed by atoms with van der Waals surface area (Å²) in [6.45, 7) is 7.98. The van der Waals surface area contributed by atoms with Crippen LogP contribution in [0.15, 0.2) is 48.5 Å². The van der Waals surface area contributed by atoms with Gasteiger partial charge in [-0.2, -0.15) is 0 Å². The summed E-state index contributed by atoms with van der Waals surface area (Å²) in [6.07, 6.45) is 0.755. The van der Waals surface area contributed by atoms with Gasteiger partial charge in [0.25, 0.3) is 0 Å². The number of aliphatic carboxylic acids is 1. The van der Waals surface area contributed by atoms with Crippen LogP contribution in [-0.4, -0.2) is 99.8 Å². The van der Waals surface area contributed by atoms with Crippen molar-refractivity contribution in [2.75, 3.05) is 6.54 Å². The molecule has 1 aliphatic rings. The van der Waals surface area contributed by atoms with E-state index in [0.29, 0.717) is 24.8 Å². The summed E-state index contributed by atoms with van der Waals surface area (Å²) >= 11 is 0. The zero-order valence-corrected chi connectivity index (χ0v) is 34.8. The number of primary amides is 1. The summed E-state index contributed by atoms with van der Waals surface area (Å²) in [4.78, 5) is 105. The minimum Gasteiger partial charge on any atom is -0.508 e. The summed E-state index contributed by atoms with van der Waals surface area (Å²) in [6, 6.07) is 7.22. The number of rotatable bonds is 22. The Morgan fingerprint density at radius 1 is 0.733 bits per heavy atom. The topological polar surface area (TPSA) is 301 Å². The van der Waals surface area contributed by atoms with Gasteiger partial charge in [-0.25, -0.2) is 0 Å². The summed E-state index contributed by atoms with van der Waals surface area (Å²) in [5.41, 5.74) is 12.7. The second kappa shape index (κ2) is 22.4. The molecule has 328 valence electrons. The number of nitrogens with one attached hydrogen (secondary N) is 6. The summed E-state index contributed by atoms with van der Waals surface area (Å²) in [7, 11) is 0. The Morgan fingerprint density at radius 3 is 1.92 bits per heavy atom. The molecule has 0 fully saturated rings. The van der Waals surface area contributed by atoms with Gasteiger partial charge < -0.3 is 53.6 Å². The number of phenols is 1. The molecule has 0 aromatic heterocycles. The van der Waals surface area contributed by atoms with Crippen LogP contribution in [0.25, 0.3) is 0 Å². The molecule has 60 heavy (non-hydrogen) atoms. The lowest BCUT2D eigenvalue weighted by atomic mass is 9.78. The van der Waals surface area contributed by atoms with Gasteiger partial charge in [0.1, 0.15) is 36.0 Å². The lowest BCUT2D eigenvalue weighted by Gasteiger charge is -2.34. The predicted molar refractivity (Wildman–Crippen MR) is 221 cm³/mol. The number of nitrogens with two attached hydrogens (primary N) is 2. The standard InChI is InChI=1S/C42H60N8O10/c1-6-23(3)34(39(58)45-22-32(43)52)50-40(59)35(24(4)7-2)49-37(56)30(15-16-33(53)54)47-38(57)31(19-26-11-9-8-10-12-26)48-36(55)25(5)46-41(60)42(44)18-17-27-20-29(51)14-13-28(27)21-42/h8-14,20,23-25,30-31,34-35,51H,6-7,15-19,21-22,44H2,1-5H3,(H2,43,52)(H,45,58)(H,46,60)(H,47,57)(H,48,55)(H,49,56)(H,50,59)(H,53,54)/t23-,24-,25+,30-,31-,34-,35-,42-/m0/s1. The first-order valence-corrected chi connectivity index (χ1v) is 20.2. The summed E-state index contributed by atoms with van der Waals surface area (Å²) < 4.78 is 0. The van der Waals surface area contributed by atoms with Crippen molar-refractivity contribution >= 4 is 47.3 Å². The van der Waals surface area contributed by atoms with Crippen molar-refractivity contribution in [3.63, 3.8) is 0 Å². The second-order valence-corrected chi connectivity index (χ2v) is 15.7. The van der Waals surface area contributed by atoms with E-state index in [1.807, 2.05) is 0 Å². The Bertz CT molecular complexity index is 1880. The molecule has 0 aliphatic heterocycles. The fourth-order valence-electron chi connectivity index (χ4n) is 6.75. The van der Waals surface area contributed by atoms with Crippen LogP contribution in [0.5, 0.6) is 5.75 Å². The molecule has 18 heteroatoms. The van der Waals surface area contributed by atoms with E-state index in [2.05, 4.69) is 31.9 Å². The van der Waals surface area contributed by atoms with E-state index in [0.717, 1.165) is 11.1 Å². The molecule has 0 bridgehead atoms. The molecule has 12 N–H and O–H groups in total. The molecule has 2 aromatic rings. The summed E-state index contributed by atoms with van der Waals surface area (Å²) in [5, 5.41) is 34.9. The maximum absolute atomic E-state index is 14.0. The number of carbonyl (C=O) groups excluding carboxylic acids is 7. The van der Waals surface area contributed by atoms with E-state index < -0.39 is 102 Å². The molecular weight excluding hydrogens is 777 g/mol. The Kier molecular flexibility index (Phi) is 18.0. The molecule has 0 spiro atoms. The molecule has 1 aliphatic carbocycles. The number of carboxylic acid groups (broad SMARTS) is 1. The van der Waals surface area contributed by atoms with E-state index in [9.17, 15) is 48.6 Å². The van der Waals surface area contributed by atoms with Gasteiger partial charge in [0.05, 0.1) is 12.1 Å². The lowest BCUT2D eigenvalue weighted by molar-refractivity contribution is -0.139. The third-order valence-electron chi connectivity index (χ3n) is 10.9. The molecule has 18 nitrogen and oxygen atoms in total. The minimum atomic E-state index is -1.49. The van der Waals surface area contributed by atoms with Crippen molar-refractivity contribution in [1.82, 2.24) is 31.9 Å². The number of benzene rings is 2. The third-order valence-corrected chi connectivity index (χ3v) is 10.9. The van der Waals surface area contributed by atoms with E-state index in [-0.39, 0.29) is 37.4 Å². The van der Waals surface area contributed by atoms with Crippen LogP contribution in [0.3, 0.4) is 0 Å².